The molecule has 1 aliphatic rings. The molecular weight excluding hydrogens is 308 g/mol. The molecule has 0 bridgehead atoms. The van der Waals surface area contributed by atoms with Crippen molar-refractivity contribution in [3.8, 4) is 0 Å². The number of rotatable bonds is 5. The van der Waals surface area contributed by atoms with Crippen molar-refractivity contribution in [3.63, 3.8) is 0 Å². The Balaban J connectivity index is 1.72. The number of nitro groups is 1. The molecule has 1 aromatic heterocycles. The van der Waals surface area contributed by atoms with Crippen molar-refractivity contribution < 1.29 is 14.1 Å². The van der Waals surface area contributed by atoms with Crippen LogP contribution in [0.15, 0.2) is 38.8 Å². The van der Waals surface area contributed by atoms with Crippen molar-refractivity contribution in [1.82, 2.24) is 15.1 Å². The second-order valence-electron chi connectivity index (χ2n) is 4.71. The summed E-state index contributed by atoms with van der Waals surface area (Å²) in [5, 5.41) is 18.9. The van der Waals surface area contributed by atoms with Gasteiger partial charge in [0.05, 0.1) is 16.4 Å². The van der Waals surface area contributed by atoms with Crippen LogP contribution in [0.25, 0.3) is 0 Å². The third kappa shape index (κ3) is 3.08. The fraction of sp³-hybridized carbons (Fsp3) is 0.308. The number of para-hydroxylation sites is 1. The molecule has 1 amide bonds. The van der Waals surface area contributed by atoms with Crippen molar-refractivity contribution in [2.75, 3.05) is 6.54 Å². The summed E-state index contributed by atoms with van der Waals surface area (Å²) < 4.78 is 5.46. The molecule has 8 nitrogen and oxygen atoms in total. The predicted molar refractivity (Wildman–Crippen MR) is 76.2 cm³/mol. The van der Waals surface area contributed by atoms with E-state index in [1.54, 1.807) is 23.1 Å². The molecule has 1 fully saturated rings. The quantitative estimate of drug-likeness (QED) is 0.615. The Labute approximate surface area is 129 Å². The topological polar surface area (TPSA) is 102 Å². The van der Waals surface area contributed by atoms with Crippen molar-refractivity contribution >= 4 is 23.4 Å². The molecule has 0 unspecified atom stereocenters. The van der Waals surface area contributed by atoms with Crippen LogP contribution < -0.4 is 0 Å². The lowest BCUT2D eigenvalue weighted by Crippen LogP contribution is -2.23. The molecule has 2 heterocycles. The molecule has 22 heavy (non-hydrogen) atoms. The van der Waals surface area contributed by atoms with Crippen LogP contribution in [-0.4, -0.2) is 32.5 Å². The molecule has 3 rings (SSSR count). The van der Waals surface area contributed by atoms with Crippen molar-refractivity contribution in [3.05, 3.63) is 40.3 Å². The van der Waals surface area contributed by atoms with Crippen LogP contribution in [0.5, 0.6) is 0 Å². The lowest BCUT2D eigenvalue weighted by molar-refractivity contribution is -0.387. The van der Waals surface area contributed by atoms with Gasteiger partial charge in [-0.05, 0) is 24.2 Å². The Morgan fingerprint density at radius 2 is 2.18 bits per heavy atom. The highest BCUT2D eigenvalue weighted by molar-refractivity contribution is 7.99. The lowest BCUT2D eigenvalue weighted by Gasteiger charge is -2.11. The van der Waals surface area contributed by atoms with Gasteiger partial charge in [-0.2, -0.15) is 0 Å². The van der Waals surface area contributed by atoms with E-state index in [1.165, 1.54) is 6.07 Å². The van der Waals surface area contributed by atoms with Crippen LogP contribution in [0.2, 0.25) is 0 Å². The molecule has 1 aliphatic heterocycles. The Morgan fingerprint density at radius 1 is 1.36 bits per heavy atom. The van der Waals surface area contributed by atoms with Gasteiger partial charge < -0.3 is 9.32 Å². The highest BCUT2D eigenvalue weighted by Crippen LogP contribution is 2.33. The molecule has 0 spiro atoms. The van der Waals surface area contributed by atoms with E-state index in [2.05, 4.69) is 10.2 Å². The van der Waals surface area contributed by atoms with Gasteiger partial charge in [0.25, 0.3) is 10.9 Å². The van der Waals surface area contributed by atoms with E-state index in [0.29, 0.717) is 23.8 Å². The molecule has 1 aromatic carbocycles. The number of nitro benzene ring substituents is 1. The standard InChI is InChI=1S/C13H12N4O4S/c18-12-6-3-7-16(12)8-11-14-15-13(21-11)22-10-5-2-1-4-9(10)17(19)20/h1-2,4-5H,3,6-8H2. The molecule has 2 aromatic rings. The van der Waals surface area contributed by atoms with Gasteiger partial charge in [0.2, 0.25) is 11.8 Å². The molecule has 0 radical (unpaired) electrons. The number of likely N-dealkylation sites (tertiary alicyclic amines) is 1. The number of hydrogen-bond acceptors (Lipinski definition) is 7. The minimum Gasteiger partial charge on any atom is -0.414 e. The molecule has 0 N–H and O–H groups in total. The Hall–Kier alpha value is -2.42. The first-order valence-electron chi connectivity index (χ1n) is 6.65. The summed E-state index contributed by atoms with van der Waals surface area (Å²) in [5.41, 5.74) is -0.0121. The van der Waals surface area contributed by atoms with E-state index < -0.39 is 4.92 Å². The fourth-order valence-corrected chi connectivity index (χ4v) is 2.97. The molecule has 9 heteroatoms. The van der Waals surface area contributed by atoms with Gasteiger partial charge >= 0.3 is 0 Å². The van der Waals surface area contributed by atoms with Crippen LogP contribution >= 0.6 is 11.8 Å². The maximum atomic E-state index is 11.6. The van der Waals surface area contributed by atoms with E-state index in [-0.39, 0.29) is 23.4 Å². The van der Waals surface area contributed by atoms with E-state index >= 15 is 0 Å². The average Bonchev–Trinajstić information content (AvgIpc) is 3.10. The van der Waals surface area contributed by atoms with Gasteiger partial charge in [-0.25, -0.2) is 0 Å². The summed E-state index contributed by atoms with van der Waals surface area (Å²) in [6.07, 6.45) is 1.39. The SMILES string of the molecule is O=C1CCCN1Cc1nnc(Sc2ccccc2[N+](=O)[O-])o1. The van der Waals surface area contributed by atoms with E-state index in [4.69, 9.17) is 4.42 Å². The number of carbonyl (C=O) groups is 1. The number of nitrogens with zero attached hydrogens (tertiary/aromatic N) is 4. The molecular formula is C13H12N4O4S. The summed E-state index contributed by atoms with van der Waals surface area (Å²) in [4.78, 5) is 24.2. The maximum absolute atomic E-state index is 11.6. The first-order valence-corrected chi connectivity index (χ1v) is 7.46. The second kappa shape index (κ2) is 6.14. The molecule has 0 aliphatic carbocycles. The minimum atomic E-state index is -0.456. The second-order valence-corrected chi connectivity index (χ2v) is 5.70. The van der Waals surface area contributed by atoms with Crippen LogP contribution in [-0.2, 0) is 11.3 Å². The minimum absolute atomic E-state index is 0.0121. The van der Waals surface area contributed by atoms with Crippen LogP contribution in [0.1, 0.15) is 18.7 Å². The summed E-state index contributed by atoms with van der Waals surface area (Å²) in [6.45, 7) is 0.969. The number of hydrogen-bond donors (Lipinski definition) is 0. The van der Waals surface area contributed by atoms with Crippen molar-refractivity contribution in [2.45, 2.75) is 29.5 Å². The van der Waals surface area contributed by atoms with Crippen LogP contribution in [0.4, 0.5) is 5.69 Å². The largest absolute Gasteiger partial charge is 0.414 e. The Kier molecular flexibility index (Phi) is 4.05. The van der Waals surface area contributed by atoms with Gasteiger partial charge in [-0.15, -0.1) is 10.2 Å². The van der Waals surface area contributed by atoms with E-state index in [1.807, 2.05) is 0 Å². The van der Waals surface area contributed by atoms with Gasteiger partial charge in [-0.3, -0.25) is 14.9 Å². The zero-order chi connectivity index (χ0) is 15.5. The Bertz CT molecular complexity index is 718. The summed E-state index contributed by atoms with van der Waals surface area (Å²) in [5.74, 6) is 0.405. The van der Waals surface area contributed by atoms with Gasteiger partial charge in [0.1, 0.15) is 0 Å². The third-order valence-corrected chi connectivity index (χ3v) is 4.11. The lowest BCUT2D eigenvalue weighted by atomic mass is 10.3. The number of aromatic nitrogens is 2. The smallest absolute Gasteiger partial charge is 0.283 e. The van der Waals surface area contributed by atoms with Crippen molar-refractivity contribution in [2.24, 2.45) is 0 Å². The third-order valence-electron chi connectivity index (χ3n) is 3.21. The molecule has 1 saturated heterocycles. The zero-order valence-corrected chi connectivity index (χ0v) is 12.3. The van der Waals surface area contributed by atoms with E-state index in [9.17, 15) is 14.9 Å². The number of amides is 1. The van der Waals surface area contributed by atoms with Crippen molar-refractivity contribution in [1.29, 1.82) is 0 Å². The zero-order valence-electron chi connectivity index (χ0n) is 11.5. The summed E-state index contributed by atoms with van der Waals surface area (Å²) in [7, 11) is 0. The van der Waals surface area contributed by atoms with Crippen LogP contribution in [0, 0.1) is 10.1 Å². The highest BCUT2D eigenvalue weighted by Gasteiger charge is 2.23. The number of benzene rings is 1. The summed E-state index contributed by atoms with van der Waals surface area (Å²) in [6, 6.07) is 6.34. The van der Waals surface area contributed by atoms with Gasteiger partial charge in [0, 0.05) is 19.0 Å². The highest BCUT2D eigenvalue weighted by atomic mass is 32.2. The molecule has 0 saturated carbocycles. The first-order chi connectivity index (χ1) is 10.6. The monoisotopic (exact) mass is 320 g/mol. The fourth-order valence-electron chi connectivity index (χ4n) is 2.17. The van der Waals surface area contributed by atoms with E-state index in [0.717, 1.165) is 18.2 Å². The predicted octanol–water partition coefficient (Wildman–Crippen LogP) is 2.25. The maximum Gasteiger partial charge on any atom is 0.283 e. The first kappa shape index (κ1) is 14.5. The summed E-state index contributed by atoms with van der Waals surface area (Å²) >= 11 is 1.04. The number of carbonyl (C=O) groups excluding carboxylic acids is 1. The normalized spacial score (nSPS) is 14.5. The Morgan fingerprint density at radius 3 is 2.91 bits per heavy atom. The molecule has 114 valence electrons. The molecule has 0 atom stereocenters. The average molecular weight is 320 g/mol. The van der Waals surface area contributed by atoms with Gasteiger partial charge in [-0.1, -0.05) is 12.1 Å². The van der Waals surface area contributed by atoms with Gasteiger partial charge in [0.15, 0.2) is 0 Å². The van der Waals surface area contributed by atoms with Crippen LogP contribution in [0.3, 0.4) is 0 Å².